The average Bonchev–Trinajstić information content (AvgIpc) is 2.55. The van der Waals surface area contributed by atoms with Gasteiger partial charge in [-0.25, -0.2) is 4.39 Å². The van der Waals surface area contributed by atoms with Gasteiger partial charge in [0, 0.05) is 13.6 Å². The minimum atomic E-state index is -0.312. The first-order chi connectivity index (χ1) is 7.58. The number of hydrogen-bond donors (Lipinski definition) is 1. The van der Waals surface area contributed by atoms with Gasteiger partial charge in [0.25, 0.3) is 0 Å². The van der Waals surface area contributed by atoms with Crippen LogP contribution < -0.4 is 5.32 Å². The summed E-state index contributed by atoms with van der Waals surface area (Å²) in [5.74, 6) is -0.283. The zero-order valence-electron chi connectivity index (χ0n) is 9.46. The van der Waals surface area contributed by atoms with Crippen LogP contribution in [0.5, 0.6) is 0 Å². The number of halogens is 1. The maximum absolute atomic E-state index is 13.5. The SMILES string of the molecule is Cc1ccc(F)c(NC2CCN(C)C2=O)c1. The third-order valence-corrected chi connectivity index (χ3v) is 2.88. The van der Waals surface area contributed by atoms with Crippen molar-refractivity contribution >= 4 is 11.6 Å². The zero-order valence-corrected chi connectivity index (χ0v) is 9.46. The molecule has 0 radical (unpaired) electrons. The molecule has 0 aliphatic carbocycles. The lowest BCUT2D eigenvalue weighted by Crippen LogP contribution is -2.31. The molecule has 4 heteroatoms. The molecule has 0 saturated carbocycles. The normalized spacial score (nSPS) is 20.3. The molecular weight excluding hydrogens is 207 g/mol. The van der Waals surface area contributed by atoms with Crippen molar-refractivity contribution in [1.29, 1.82) is 0 Å². The summed E-state index contributed by atoms with van der Waals surface area (Å²) < 4.78 is 13.5. The minimum absolute atomic E-state index is 0.0286. The van der Waals surface area contributed by atoms with E-state index in [4.69, 9.17) is 0 Å². The van der Waals surface area contributed by atoms with E-state index < -0.39 is 0 Å². The summed E-state index contributed by atoms with van der Waals surface area (Å²) in [4.78, 5) is 13.3. The molecule has 16 heavy (non-hydrogen) atoms. The Bertz CT molecular complexity index is 419. The monoisotopic (exact) mass is 222 g/mol. The second-order valence-corrected chi connectivity index (χ2v) is 4.23. The molecule has 86 valence electrons. The van der Waals surface area contributed by atoms with Crippen molar-refractivity contribution in [3.8, 4) is 0 Å². The summed E-state index contributed by atoms with van der Waals surface area (Å²) in [7, 11) is 1.76. The number of carbonyl (C=O) groups excluding carboxylic acids is 1. The summed E-state index contributed by atoms with van der Waals surface area (Å²) >= 11 is 0. The molecule has 1 amide bonds. The van der Waals surface area contributed by atoms with Crippen molar-refractivity contribution in [3.05, 3.63) is 29.6 Å². The highest BCUT2D eigenvalue weighted by molar-refractivity contribution is 5.86. The Hall–Kier alpha value is -1.58. The second-order valence-electron chi connectivity index (χ2n) is 4.23. The van der Waals surface area contributed by atoms with E-state index >= 15 is 0 Å². The first kappa shape index (κ1) is 10.9. The van der Waals surface area contributed by atoms with Gasteiger partial charge in [0.15, 0.2) is 0 Å². The topological polar surface area (TPSA) is 32.3 Å². The maximum atomic E-state index is 13.5. The molecule has 1 atom stereocenters. The van der Waals surface area contributed by atoms with Gasteiger partial charge >= 0.3 is 0 Å². The maximum Gasteiger partial charge on any atom is 0.244 e. The van der Waals surface area contributed by atoms with Gasteiger partial charge in [0.1, 0.15) is 11.9 Å². The van der Waals surface area contributed by atoms with Crippen LogP contribution in [0.25, 0.3) is 0 Å². The molecule has 1 aromatic rings. The highest BCUT2D eigenvalue weighted by atomic mass is 19.1. The number of nitrogens with one attached hydrogen (secondary N) is 1. The molecule has 1 heterocycles. The molecule has 0 spiro atoms. The van der Waals surface area contributed by atoms with E-state index in [-0.39, 0.29) is 17.8 Å². The molecule has 1 unspecified atom stereocenters. The van der Waals surface area contributed by atoms with Crippen LogP contribution in [0.3, 0.4) is 0 Å². The van der Waals surface area contributed by atoms with Gasteiger partial charge in [-0.15, -0.1) is 0 Å². The summed E-state index contributed by atoms with van der Waals surface area (Å²) in [6.45, 7) is 2.62. The fourth-order valence-electron chi connectivity index (χ4n) is 1.89. The quantitative estimate of drug-likeness (QED) is 0.827. The van der Waals surface area contributed by atoms with E-state index in [2.05, 4.69) is 5.32 Å². The van der Waals surface area contributed by atoms with Crippen molar-refractivity contribution < 1.29 is 9.18 Å². The van der Waals surface area contributed by atoms with Crippen LogP contribution >= 0.6 is 0 Å². The van der Waals surface area contributed by atoms with Crippen LogP contribution in [0.4, 0.5) is 10.1 Å². The highest BCUT2D eigenvalue weighted by Gasteiger charge is 2.29. The van der Waals surface area contributed by atoms with Crippen molar-refractivity contribution in [2.75, 3.05) is 18.9 Å². The van der Waals surface area contributed by atoms with E-state index in [1.165, 1.54) is 6.07 Å². The first-order valence-electron chi connectivity index (χ1n) is 5.35. The van der Waals surface area contributed by atoms with Crippen molar-refractivity contribution in [2.24, 2.45) is 0 Å². The Balaban J connectivity index is 2.15. The van der Waals surface area contributed by atoms with Gasteiger partial charge in [0.2, 0.25) is 5.91 Å². The fourth-order valence-corrected chi connectivity index (χ4v) is 1.89. The number of amides is 1. The van der Waals surface area contributed by atoms with Crippen molar-refractivity contribution in [3.63, 3.8) is 0 Å². The van der Waals surface area contributed by atoms with E-state index in [1.54, 1.807) is 24.1 Å². The lowest BCUT2D eigenvalue weighted by molar-refractivity contribution is -0.127. The lowest BCUT2D eigenvalue weighted by atomic mass is 10.2. The van der Waals surface area contributed by atoms with Gasteiger partial charge in [-0.05, 0) is 31.0 Å². The first-order valence-corrected chi connectivity index (χ1v) is 5.35. The molecule has 0 bridgehead atoms. The Morgan fingerprint density at radius 2 is 2.25 bits per heavy atom. The lowest BCUT2D eigenvalue weighted by Gasteiger charge is -2.14. The molecule has 1 aromatic carbocycles. The van der Waals surface area contributed by atoms with Crippen LogP contribution in [0.1, 0.15) is 12.0 Å². The van der Waals surface area contributed by atoms with Gasteiger partial charge in [-0.2, -0.15) is 0 Å². The Morgan fingerprint density at radius 1 is 1.50 bits per heavy atom. The number of likely N-dealkylation sites (N-methyl/N-ethyl adjacent to an activating group) is 1. The number of anilines is 1. The number of nitrogens with zero attached hydrogens (tertiary/aromatic N) is 1. The highest BCUT2D eigenvalue weighted by Crippen LogP contribution is 2.20. The van der Waals surface area contributed by atoms with E-state index in [9.17, 15) is 9.18 Å². The molecule has 1 fully saturated rings. The van der Waals surface area contributed by atoms with E-state index in [0.29, 0.717) is 5.69 Å². The number of rotatable bonds is 2. The average molecular weight is 222 g/mol. The summed E-state index contributed by atoms with van der Waals surface area (Å²) in [5, 5.41) is 2.96. The number of benzene rings is 1. The smallest absolute Gasteiger partial charge is 0.244 e. The standard InChI is InChI=1S/C12H15FN2O/c1-8-3-4-9(13)11(7-8)14-10-5-6-15(2)12(10)16/h3-4,7,10,14H,5-6H2,1-2H3. The van der Waals surface area contributed by atoms with Crippen LogP contribution in [-0.4, -0.2) is 30.4 Å². The molecule has 0 aromatic heterocycles. The van der Waals surface area contributed by atoms with Gasteiger partial charge < -0.3 is 10.2 Å². The number of aryl methyl sites for hydroxylation is 1. The van der Waals surface area contributed by atoms with Crippen LogP contribution in [-0.2, 0) is 4.79 Å². The summed E-state index contributed by atoms with van der Waals surface area (Å²) in [6.07, 6.45) is 0.725. The summed E-state index contributed by atoms with van der Waals surface area (Å²) in [6, 6.07) is 4.56. The largest absolute Gasteiger partial charge is 0.371 e. The van der Waals surface area contributed by atoms with E-state index in [1.807, 2.05) is 6.92 Å². The molecule has 1 aliphatic heterocycles. The van der Waals surface area contributed by atoms with Crippen LogP contribution in [0.15, 0.2) is 18.2 Å². The molecular formula is C12H15FN2O. The van der Waals surface area contributed by atoms with Gasteiger partial charge in [-0.3, -0.25) is 4.79 Å². The predicted octanol–water partition coefficient (Wildman–Crippen LogP) is 1.78. The zero-order chi connectivity index (χ0) is 11.7. The third kappa shape index (κ3) is 2.01. The summed E-state index contributed by atoms with van der Waals surface area (Å²) in [5.41, 5.74) is 1.39. The predicted molar refractivity (Wildman–Crippen MR) is 60.8 cm³/mol. The van der Waals surface area contributed by atoms with Gasteiger partial charge in [-0.1, -0.05) is 6.07 Å². The Morgan fingerprint density at radius 3 is 2.88 bits per heavy atom. The fraction of sp³-hybridized carbons (Fsp3) is 0.417. The van der Waals surface area contributed by atoms with E-state index in [0.717, 1.165) is 18.5 Å². The molecule has 2 rings (SSSR count). The third-order valence-electron chi connectivity index (χ3n) is 2.88. The van der Waals surface area contributed by atoms with Crippen molar-refractivity contribution in [1.82, 2.24) is 4.90 Å². The molecule has 1 saturated heterocycles. The second kappa shape index (κ2) is 4.12. The van der Waals surface area contributed by atoms with Crippen LogP contribution in [0.2, 0.25) is 0 Å². The number of likely N-dealkylation sites (tertiary alicyclic amines) is 1. The molecule has 3 nitrogen and oxygen atoms in total. The Kier molecular flexibility index (Phi) is 2.81. The minimum Gasteiger partial charge on any atom is -0.371 e. The Labute approximate surface area is 94.3 Å². The number of carbonyl (C=O) groups is 1. The van der Waals surface area contributed by atoms with Crippen molar-refractivity contribution in [2.45, 2.75) is 19.4 Å². The molecule has 1 N–H and O–H groups in total. The van der Waals surface area contributed by atoms with Crippen LogP contribution in [0, 0.1) is 12.7 Å². The van der Waals surface area contributed by atoms with Gasteiger partial charge in [0.05, 0.1) is 5.69 Å². The molecule has 1 aliphatic rings. The number of hydrogen-bond acceptors (Lipinski definition) is 2.